The van der Waals surface area contributed by atoms with Crippen molar-refractivity contribution in [3.63, 3.8) is 0 Å². The summed E-state index contributed by atoms with van der Waals surface area (Å²) in [6, 6.07) is 10.1. The van der Waals surface area contributed by atoms with Crippen molar-refractivity contribution in [2.24, 2.45) is 5.92 Å². The number of benzene rings is 1. The number of nitrogens with zero attached hydrogens (tertiary/aromatic N) is 1. The van der Waals surface area contributed by atoms with Crippen LogP contribution < -0.4 is 0 Å². The third-order valence-corrected chi connectivity index (χ3v) is 4.62. The van der Waals surface area contributed by atoms with Crippen molar-refractivity contribution in [1.29, 1.82) is 0 Å². The van der Waals surface area contributed by atoms with Crippen LogP contribution in [0.15, 0.2) is 30.3 Å². The predicted molar refractivity (Wildman–Crippen MR) is 85.0 cm³/mol. The fourth-order valence-electron chi connectivity index (χ4n) is 3.49. The van der Waals surface area contributed by atoms with Crippen molar-refractivity contribution < 1.29 is 9.53 Å². The average molecular weight is 289 g/mol. The number of rotatable bonds is 5. The first-order chi connectivity index (χ1) is 10.1. The second-order valence-electron chi connectivity index (χ2n) is 6.06. The third kappa shape index (κ3) is 3.85. The lowest BCUT2D eigenvalue weighted by atomic mass is 9.84. The molecule has 0 N–H and O–H groups in total. The highest BCUT2D eigenvalue weighted by molar-refractivity contribution is 5.77. The van der Waals surface area contributed by atoms with Crippen LogP contribution >= 0.6 is 0 Å². The van der Waals surface area contributed by atoms with Gasteiger partial charge in [-0.1, -0.05) is 50.1 Å². The van der Waals surface area contributed by atoms with E-state index in [2.05, 4.69) is 18.9 Å². The summed E-state index contributed by atoms with van der Waals surface area (Å²) in [5.41, 5.74) is 1.02. The third-order valence-electron chi connectivity index (χ3n) is 4.62. The Balaban J connectivity index is 2.24. The fourth-order valence-corrected chi connectivity index (χ4v) is 3.49. The van der Waals surface area contributed by atoms with E-state index >= 15 is 0 Å². The topological polar surface area (TPSA) is 29.5 Å². The van der Waals surface area contributed by atoms with E-state index in [0.717, 1.165) is 5.56 Å². The Morgan fingerprint density at radius 3 is 2.57 bits per heavy atom. The van der Waals surface area contributed by atoms with E-state index in [9.17, 15) is 4.79 Å². The molecule has 21 heavy (non-hydrogen) atoms. The summed E-state index contributed by atoms with van der Waals surface area (Å²) < 4.78 is 5.33. The molecule has 1 fully saturated rings. The van der Waals surface area contributed by atoms with Crippen LogP contribution in [0.3, 0.4) is 0 Å². The summed E-state index contributed by atoms with van der Waals surface area (Å²) in [4.78, 5) is 14.7. The van der Waals surface area contributed by atoms with Crippen molar-refractivity contribution in [3.8, 4) is 0 Å². The van der Waals surface area contributed by atoms with Gasteiger partial charge in [-0.3, -0.25) is 4.90 Å². The predicted octanol–water partition coefficient (Wildman–Crippen LogP) is 3.80. The minimum absolute atomic E-state index is 0.135. The highest BCUT2D eigenvalue weighted by Gasteiger charge is 2.34. The molecule has 1 saturated carbocycles. The fraction of sp³-hybridized carbons (Fsp3) is 0.611. The molecule has 1 aromatic rings. The van der Waals surface area contributed by atoms with E-state index in [1.54, 1.807) is 0 Å². The lowest BCUT2D eigenvalue weighted by Crippen LogP contribution is -2.44. The number of hydrogen-bond donors (Lipinski definition) is 0. The quantitative estimate of drug-likeness (QED) is 0.772. The number of hydrogen-bond acceptors (Lipinski definition) is 3. The van der Waals surface area contributed by atoms with Crippen LogP contribution in [0.4, 0.5) is 0 Å². The van der Waals surface area contributed by atoms with Crippen molar-refractivity contribution >= 4 is 5.97 Å². The lowest BCUT2D eigenvalue weighted by Gasteiger charge is -2.39. The van der Waals surface area contributed by atoms with E-state index < -0.39 is 0 Å². The Hall–Kier alpha value is -1.35. The highest BCUT2D eigenvalue weighted by Crippen LogP contribution is 2.33. The van der Waals surface area contributed by atoms with Crippen LogP contribution in [0.1, 0.15) is 51.1 Å². The van der Waals surface area contributed by atoms with E-state index in [1.807, 2.05) is 37.3 Å². The van der Waals surface area contributed by atoms with E-state index in [0.29, 0.717) is 18.6 Å². The first-order valence-corrected chi connectivity index (χ1v) is 8.08. The summed E-state index contributed by atoms with van der Waals surface area (Å²) in [6.45, 7) is 4.59. The van der Waals surface area contributed by atoms with Gasteiger partial charge in [-0.25, -0.2) is 4.79 Å². The van der Waals surface area contributed by atoms with Gasteiger partial charge in [-0.2, -0.15) is 0 Å². The summed E-state index contributed by atoms with van der Waals surface area (Å²) in [5.74, 6) is 0.494. The summed E-state index contributed by atoms with van der Waals surface area (Å²) in [7, 11) is 2.07. The summed E-state index contributed by atoms with van der Waals surface area (Å²) in [5, 5.41) is 0. The number of likely N-dealkylation sites (N-methyl/N-ethyl adjacent to an activating group) is 1. The lowest BCUT2D eigenvalue weighted by molar-refractivity contribution is -0.151. The average Bonchev–Trinajstić information content (AvgIpc) is 2.49. The van der Waals surface area contributed by atoms with Crippen molar-refractivity contribution in [1.82, 2.24) is 4.90 Å². The molecule has 0 amide bonds. The van der Waals surface area contributed by atoms with Gasteiger partial charge in [0.15, 0.2) is 0 Å². The SMILES string of the molecule is CCOC(=O)C(c1ccccc1)N(C)C1CCCCC1C. The maximum Gasteiger partial charge on any atom is 0.327 e. The number of carbonyl (C=O) groups is 1. The molecular weight excluding hydrogens is 262 g/mol. The summed E-state index contributed by atoms with van der Waals surface area (Å²) >= 11 is 0. The number of esters is 1. The van der Waals surface area contributed by atoms with Crippen LogP contribution in [0.25, 0.3) is 0 Å². The van der Waals surface area contributed by atoms with Crippen LogP contribution in [0.2, 0.25) is 0 Å². The Morgan fingerprint density at radius 1 is 1.29 bits per heavy atom. The van der Waals surface area contributed by atoms with E-state index in [-0.39, 0.29) is 12.0 Å². The molecule has 2 rings (SSSR count). The van der Waals surface area contributed by atoms with Gasteiger partial charge in [0.25, 0.3) is 0 Å². The van der Waals surface area contributed by atoms with E-state index in [1.165, 1.54) is 25.7 Å². The Morgan fingerprint density at radius 2 is 1.95 bits per heavy atom. The zero-order valence-corrected chi connectivity index (χ0v) is 13.4. The zero-order valence-electron chi connectivity index (χ0n) is 13.4. The molecule has 1 aromatic carbocycles. The minimum atomic E-state index is -0.295. The van der Waals surface area contributed by atoms with Gasteiger partial charge < -0.3 is 4.74 Å². The van der Waals surface area contributed by atoms with Gasteiger partial charge >= 0.3 is 5.97 Å². The van der Waals surface area contributed by atoms with Crippen LogP contribution in [0.5, 0.6) is 0 Å². The zero-order chi connectivity index (χ0) is 15.2. The molecule has 0 heterocycles. The van der Waals surface area contributed by atoms with Gasteiger partial charge in [0.05, 0.1) is 6.61 Å². The molecule has 0 spiro atoms. The molecule has 0 saturated heterocycles. The molecule has 116 valence electrons. The van der Waals surface area contributed by atoms with Gasteiger partial charge in [0.2, 0.25) is 0 Å². The normalized spacial score (nSPS) is 23.8. The second kappa shape index (κ2) is 7.60. The minimum Gasteiger partial charge on any atom is -0.465 e. The van der Waals surface area contributed by atoms with Crippen LogP contribution in [0, 0.1) is 5.92 Å². The van der Waals surface area contributed by atoms with Crippen LogP contribution in [-0.4, -0.2) is 30.6 Å². The molecule has 3 unspecified atom stereocenters. The monoisotopic (exact) mass is 289 g/mol. The molecule has 0 aliphatic heterocycles. The van der Waals surface area contributed by atoms with Gasteiger partial charge in [0, 0.05) is 6.04 Å². The maximum absolute atomic E-state index is 12.5. The van der Waals surface area contributed by atoms with Gasteiger partial charge in [-0.15, -0.1) is 0 Å². The number of carbonyl (C=O) groups excluding carboxylic acids is 1. The molecule has 1 aliphatic rings. The van der Waals surface area contributed by atoms with Gasteiger partial charge in [-0.05, 0) is 38.3 Å². The molecule has 3 heteroatoms. The smallest absolute Gasteiger partial charge is 0.327 e. The first kappa shape index (κ1) is 16.0. The van der Waals surface area contributed by atoms with Crippen LogP contribution in [-0.2, 0) is 9.53 Å². The van der Waals surface area contributed by atoms with E-state index in [4.69, 9.17) is 4.74 Å². The first-order valence-electron chi connectivity index (χ1n) is 8.08. The molecular formula is C18H27NO2. The molecule has 0 radical (unpaired) electrons. The Kier molecular flexibility index (Phi) is 5.80. The van der Waals surface area contributed by atoms with Crippen molar-refractivity contribution in [3.05, 3.63) is 35.9 Å². The number of ether oxygens (including phenoxy) is 1. The molecule has 3 atom stereocenters. The molecule has 0 aromatic heterocycles. The Labute approximate surface area is 128 Å². The summed E-state index contributed by atoms with van der Waals surface area (Å²) in [6.07, 6.45) is 4.98. The second-order valence-corrected chi connectivity index (χ2v) is 6.06. The van der Waals surface area contributed by atoms with Gasteiger partial charge in [0.1, 0.15) is 6.04 Å². The Bertz CT molecular complexity index is 446. The molecule has 3 nitrogen and oxygen atoms in total. The standard InChI is InChI=1S/C18H27NO2/c1-4-21-18(20)17(15-11-6-5-7-12-15)19(3)16-13-9-8-10-14(16)2/h5-7,11-12,14,16-17H,4,8-10,13H2,1-3H3. The maximum atomic E-state index is 12.5. The highest BCUT2D eigenvalue weighted by atomic mass is 16.5. The molecule has 1 aliphatic carbocycles. The van der Waals surface area contributed by atoms with Crippen molar-refractivity contribution in [2.75, 3.05) is 13.7 Å². The largest absolute Gasteiger partial charge is 0.465 e. The molecule has 0 bridgehead atoms. The van der Waals surface area contributed by atoms with Crippen molar-refractivity contribution in [2.45, 2.75) is 51.6 Å².